The van der Waals surface area contributed by atoms with Gasteiger partial charge in [-0.25, -0.2) is 4.79 Å². The van der Waals surface area contributed by atoms with Gasteiger partial charge in [-0.05, 0) is 32.8 Å². The summed E-state index contributed by atoms with van der Waals surface area (Å²) >= 11 is 0. The summed E-state index contributed by atoms with van der Waals surface area (Å²) in [6, 6.07) is 8.10. The lowest BCUT2D eigenvalue weighted by atomic mass is 10.1. The average Bonchev–Trinajstić information content (AvgIpc) is 2.51. The first-order valence-corrected chi connectivity index (χ1v) is 8.25. The maximum Gasteiger partial charge on any atom is 0.408 e. The lowest BCUT2D eigenvalue weighted by Crippen LogP contribution is -2.43. The van der Waals surface area contributed by atoms with Crippen LogP contribution < -0.4 is 16.0 Å². The van der Waals surface area contributed by atoms with E-state index in [9.17, 15) is 14.4 Å². The Morgan fingerprint density at radius 1 is 1.04 bits per heavy atom. The highest BCUT2D eigenvalue weighted by Crippen LogP contribution is 2.14. The van der Waals surface area contributed by atoms with E-state index in [-0.39, 0.29) is 11.8 Å². The molecule has 138 valence electrons. The van der Waals surface area contributed by atoms with Gasteiger partial charge in [-0.1, -0.05) is 30.3 Å². The van der Waals surface area contributed by atoms with E-state index in [2.05, 4.69) is 16.0 Å². The van der Waals surface area contributed by atoms with Gasteiger partial charge < -0.3 is 20.7 Å². The third-order valence-electron chi connectivity index (χ3n) is 3.08. The van der Waals surface area contributed by atoms with Gasteiger partial charge in [0.05, 0.1) is 0 Å². The molecular weight excluding hydrogens is 322 g/mol. The monoisotopic (exact) mass is 349 g/mol. The Balaban J connectivity index is 2.66. The van der Waals surface area contributed by atoms with E-state index in [1.165, 1.54) is 6.92 Å². The molecule has 1 aromatic rings. The predicted molar refractivity (Wildman–Crippen MR) is 94.9 cm³/mol. The molecule has 3 amide bonds. The van der Waals surface area contributed by atoms with Gasteiger partial charge in [0.1, 0.15) is 11.6 Å². The van der Waals surface area contributed by atoms with Gasteiger partial charge in [0.2, 0.25) is 11.8 Å². The largest absolute Gasteiger partial charge is 0.444 e. The van der Waals surface area contributed by atoms with E-state index >= 15 is 0 Å². The van der Waals surface area contributed by atoms with E-state index in [4.69, 9.17) is 4.74 Å². The molecule has 0 aliphatic heterocycles. The van der Waals surface area contributed by atoms with Gasteiger partial charge in [0.25, 0.3) is 0 Å². The van der Waals surface area contributed by atoms with Crippen molar-refractivity contribution < 1.29 is 19.1 Å². The van der Waals surface area contributed by atoms with E-state index in [1.54, 1.807) is 45.0 Å². The molecule has 1 unspecified atom stereocenters. The van der Waals surface area contributed by atoms with Gasteiger partial charge in [0.15, 0.2) is 0 Å². The highest BCUT2D eigenvalue weighted by atomic mass is 16.6. The van der Waals surface area contributed by atoms with Crippen molar-refractivity contribution in [1.29, 1.82) is 0 Å². The first-order chi connectivity index (χ1) is 11.7. The second-order valence-corrected chi connectivity index (χ2v) is 6.62. The standard InChI is InChI=1S/C18H27N3O4/c1-13(22)19-11-8-12-20-16(23)15(14-9-6-5-7-10-14)21-17(24)25-18(2,3)4/h5-7,9-10,15H,8,11-12H2,1-4H3,(H,19,22)(H,20,23)(H,21,24). The molecule has 1 atom stereocenters. The molecule has 0 aliphatic rings. The highest BCUT2D eigenvalue weighted by molar-refractivity contribution is 5.86. The smallest absolute Gasteiger partial charge is 0.408 e. The van der Waals surface area contributed by atoms with Crippen LogP contribution in [0.4, 0.5) is 4.79 Å². The molecule has 0 spiro atoms. The number of rotatable bonds is 7. The zero-order valence-corrected chi connectivity index (χ0v) is 15.2. The minimum Gasteiger partial charge on any atom is -0.444 e. The van der Waals surface area contributed by atoms with Crippen molar-refractivity contribution in [1.82, 2.24) is 16.0 Å². The SMILES string of the molecule is CC(=O)NCCCNC(=O)C(NC(=O)OC(C)(C)C)c1ccccc1. The van der Waals surface area contributed by atoms with Gasteiger partial charge in [-0.15, -0.1) is 0 Å². The average molecular weight is 349 g/mol. The first-order valence-electron chi connectivity index (χ1n) is 8.25. The number of ether oxygens (including phenoxy) is 1. The molecule has 0 radical (unpaired) electrons. The van der Waals surface area contributed by atoms with Crippen LogP contribution >= 0.6 is 0 Å². The molecule has 1 aromatic carbocycles. The molecular formula is C18H27N3O4. The quantitative estimate of drug-likeness (QED) is 0.655. The van der Waals surface area contributed by atoms with Gasteiger partial charge in [-0.2, -0.15) is 0 Å². The van der Waals surface area contributed by atoms with Crippen LogP contribution in [0.15, 0.2) is 30.3 Å². The number of carbonyl (C=O) groups excluding carboxylic acids is 3. The van der Waals surface area contributed by atoms with Gasteiger partial charge >= 0.3 is 6.09 Å². The Bertz CT molecular complexity index is 582. The van der Waals surface area contributed by atoms with E-state index in [1.807, 2.05) is 6.07 Å². The van der Waals surface area contributed by atoms with Crippen LogP contribution in [0, 0.1) is 0 Å². The van der Waals surface area contributed by atoms with Crippen molar-refractivity contribution in [3.8, 4) is 0 Å². The maximum absolute atomic E-state index is 12.5. The summed E-state index contributed by atoms with van der Waals surface area (Å²) in [6.07, 6.45) is -0.0611. The number of alkyl carbamates (subject to hydrolysis) is 1. The zero-order valence-electron chi connectivity index (χ0n) is 15.2. The predicted octanol–water partition coefficient (Wildman–Crippen LogP) is 1.89. The second kappa shape index (κ2) is 9.66. The van der Waals surface area contributed by atoms with Gasteiger partial charge in [-0.3, -0.25) is 9.59 Å². The summed E-state index contributed by atoms with van der Waals surface area (Å²) in [7, 11) is 0. The lowest BCUT2D eigenvalue weighted by Gasteiger charge is -2.23. The summed E-state index contributed by atoms with van der Waals surface area (Å²) in [5, 5.41) is 8.03. The number of carbonyl (C=O) groups is 3. The van der Waals surface area contributed by atoms with Crippen LogP contribution in [-0.2, 0) is 14.3 Å². The van der Waals surface area contributed by atoms with Crippen molar-refractivity contribution in [2.24, 2.45) is 0 Å². The number of hydrogen-bond acceptors (Lipinski definition) is 4. The van der Waals surface area contributed by atoms with Crippen LogP contribution in [0.25, 0.3) is 0 Å². The summed E-state index contributed by atoms with van der Waals surface area (Å²) in [6.45, 7) is 7.57. The Morgan fingerprint density at radius 3 is 2.20 bits per heavy atom. The molecule has 0 bridgehead atoms. The molecule has 7 heteroatoms. The van der Waals surface area contributed by atoms with Gasteiger partial charge in [0, 0.05) is 20.0 Å². The first kappa shape index (κ1) is 20.5. The third-order valence-corrected chi connectivity index (χ3v) is 3.08. The minimum atomic E-state index is -0.850. The van der Waals surface area contributed by atoms with E-state index in [0.717, 1.165) is 0 Å². The Morgan fingerprint density at radius 2 is 1.64 bits per heavy atom. The van der Waals surface area contributed by atoms with Crippen LogP contribution in [0.2, 0.25) is 0 Å². The van der Waals surface area contributed by atoms with Crippen molar-refractivity contribution in [2.45, 2.75) is 45.8 Å². The number of benzene rings is 1. The molecule has 0 aromatic heterocycles. The minimum absolute atomic E-state index is 0.111. The molecule has 0 aliphatic carbocycles. The lowest BCUT2D eigenvalue weighted by molar-refractivity contribution is -0.123. The number of amides is 3. The molecule has 0 saturated heterocycles. The van der Waals surface area contributed by atoms with E-state index in [0.29, 0.717) is 25.1 Å². The molecule has 0 fully saturated rings. The fourth-order valence-electron chi connectivity index (χ4n) is 2.04. The summed E-state index contributed by atoms with van der Waals surface area (Å²) in [5.41, 5.74) is 0.00730. The Hall–Kier alpha value is -2.57. The van der Waals surface area contributed by atoms with Crippen LogP contribution in [0.1, 0.15) is 45.7 Å². The van der Waals surface area contributed by atoms with Crippen molar-refractivity contribution in [2.75, 3.05) is 13.1 Å². The third kappa shape index (κ3) is 8.74. The Kier molecular flexibility index (Phi) is 7.91. The molecule has 1 rings (SSSR count). The summed E-state index contributed by atoms with van der Waals surface area (Å²) < 4.78 is 5.23. The van der Waals surface area contributed by atoms with Crippen molar-refractivity contribution in [3.63, 3.8) is 0 Å². The summed E-state index contributed by atoms with van der Waals surface area (Å²) in [4.78, 5) is 35.3. The van der Waals surface area contributed by atoms with Crippen molar-refractivity contribution >= 4 is 17.9 Å². The number of hydrogen-bond donors (Lipinski definition) is 3. The van der Waals surface area contributed by atoms with Crippen LogP contribution in [0.3, 0.4) is 0 Å². The Labute approximate surface area is 148 Å². The molecule has 7 nitrogen and oxygen atoms in total. The molecule has 3 N–H and O–H groups in total. The topological polar surface area (TPSA) is 96.5 Å². The molecule has 25 heavy (non-hydrogen) atoms. The van der Waals surface area contributed by atoms with Crippen LogP contribution in [0.5, 0.6) is 0 Å². The number of nitrogens with one attached hydrogen (secondary N) is 3. The fourth-order valence-corrected chi connectivity index (χ4v) is 2.04. The molecule has 0 saturated carbocycles. The fraction of sp³-hybridized carbons (Fsp3) is 0.500. The highest BCUT2D eigenvalue weighted by Gasteiger charge is 2.25. The second-order valence-electron chi connectivity index (χ2n) is 6.62. The maximum atomic E-state index is 12.5. The van der Waals surface area contributed by atoms with Crippen LogP contribution in [-0.4, -0.2) is 36.6 Å². The summed E-state index contributed by atoms with van der Waals surface area (Å²) in [5.74, 6) is -0.444. The van der Waals surface area contributed by atoms with Crippen molar-refractivity contribution in [3.05, 3.63) is 35.9 Å². The normalized spacial score (nSPS) is 12.0. The molecule has 0 heterocycles. The van der Waals surface area contributed by atoms with E-state index < -0.39 is 17.7 Å². The zero-order chi connectivity index (χ0) is 18.9.